The second kappa shape index (κ2) is 12.9. The van der Waals surface area contributed by atoms with Crippen molar-refractivity contribution in [1.82, 2.24) is 4.90 Å². The van der Waals surface area contributed by atoms with Gasteiger partial charge in [-0.25, -0.2) is 0 Å². The van der Waals surface area contributed by atoms with Gasteiger partial charge in [-0.1, -0.05) is 97.1 Å². The summed E-state index contributed by atoms with van der Waals surface area (Å²) in [7, 11) is 1.69. The zero-order chi connectivity index (χ0) is 26.0. The van der Waals surface area contributed by atoms with Crippen molar-refractivity contribution in [1.29, 1.82) is 0 Å². The number of nitrogens with zero attached hydrogens (tertiary/aromatic N) is 1. The summed E-state index contributed by atoms with van der Waals surface area (Å²) < 4.78 is 11.3. The molecule has 0 saturated carbocycles. The van der Waals surface area contributed by atoms with Gasteiger partial charge >= 0.3 is 5.97 Å². The monoisotopic (exact) mass is 493 g/mol. The van der Waals surface area contributed by atoms with Crippen molar-refractivity contribution in [2.45, 2.75) is 38.9 Å². The first-order chi connectivity index (χ1) is 18.1. The molecule has 0 unspecified atom stereocenters. The molecule has 0 aliphatic carbocycles. The molecule has 0 radical (unpaired) electrons. The van der Waals surface area contributed by atoms with Gasteiger partial charge < -0.3 is 9.47 Å². The predicted octanol–water partition coefficient (Wildman–Crippen LogP) is 7.62. The molecule has 0 heterocycles. The summed E-state index contributed by atoms with van der Waals surface area (Å²) in [6.45, 7) is 5.06. The lowest BCUT2D eigenvalue weighted by Crippen LogP contribution is -2.33. The third kappa shape index (κ3) is 6.66. The Kier molecular flexibility index (Phi) is 9.12. The lowest BCUT2D eigenvalue weighted by atomic mass is 9.93. The van der Waals surface area contributed by atoms with E-state index in [1.807, 2.05) is 43.3 Å². The third-order valence-corrected chi connectivity index (χ3v) is 6.75. The van der Waals surface area contributed by atoms with E-state index in [9.17, 15) is 4.79 Å². The number of hydrogen-bond donors (Lipinski definition) is 0. The van der Waals surface area contributed by atoms with Crippen LogP contribution in [0, 0.1) is 0 Å². The molecule has 0 saturated heterocycles. The largest absolute Gasteiger partial charge is 0.496 e. The summed E-state index contributed by atoms with van der Waals surface area (Å²) >= 11 is 0. The van der Waals surface area contributed by atoms with Crippen molar-refractivity contribution in [2.24, 2.45) is 0 Å². The van der Waals surface area contributed by atoms with Crippen LogP contribution in [0.3, 0.4) is 0 Å². The maximum Gasteiger partial charge on any atom is 0.307 e. The van der Waals surface area contributed by atoms with E-state index in [2.05, 4.69) is 84.6 Å². The van der Waals surface area contributed by atoms with Crippen molar-refractivity contribution in [3.05, 3.63) is 126 Å². The first-order valence-electron chi connectivity index (χ1n) is 12.8. The minimum atomic E-state index is -0.270. The maximum absolute atomic E-state index is 13.0. The van der Waals surface area contributed by atoms with Gasteiger partial charge in [0.25, 0.3) is 0 Å². The molecule has 4 aromatic rings. The van der Waals surface area contributed by atoms with Crippen LogP contribution in [0.15, 0.2) is 109 Å². The van der Waals surface area contributed by atoms with Crippen LogP contribution in [0.25, 0.3) is 11.1 Å². The Hall–Kier alpha value is -3.89. The van der Waals surface area contributed by atoms with E-state index in [1.165, 1.54) is 11.1 Å². The third-order valence-electron chi connectivity index (χ3n) is 6.75. The second-order valence-corrected chi connectivity index (χ2v) is 9.09. The summed E-state index contributed by atoms with van der Waals surface area (Å²) in [5.74, 6) is 0.533. The average molecular weight is 494 g/mol. The molecule has 4 rings (SSSR count). The fraction of sp³-hybridized carbons (Fsp3) is 0.242. The standard InChI is InChI=1S/C33H35NO3/c1-4-37-33(35)23-31(30-22-29(20-21-32(30)36-3)28-18-12-7-13-19-28)34(24-26-14-8-5-9-15-26)25(2)27-16-10-6-11-17-27/h5-22,25,31H,4,23-24H2,1-3H3/t25-,31+/m1/s1. The van der Waals surface area contributed by atoms with Crippen molar-refractivity contribution in [3.8, 4) is 16.9 Å². The molecule has 4 aromatic carbocycles. The Morgan fingerprint density at radius 1 is 0.811 bits per heavy atom. The summed E-state index contributed by atoms with van der Waals surface area (Å²) in [5.41, 5.74) is 5.53. The minimum absolute atomic E-state index is 0.0333. The van der Waals surface area contributed by atoms with Crippen LogP contribution < -0.4 is 4.74 Å². The van der Waals surface area contributed by atoms with Gasteiger partial charge in [-0.3, -0.25) is 9.69 Å². The van der Waals surface area contributed by atoms with Crippen LogP contribution in [0.4, 0.5) is 0 Å². The maximum atomic E-state index is 13.0. The quantitative estimate of drug-likeness (QED) is 0.201. The van der Waals surface area contributed by atoms with Crippen molar-refractivity contribution in [2.75, 3.05) is 13.7 Å². The summed E-state index contributed by atoms with van der Waals surface area (Å²) in [6, 6.07) is 37.1. The van der Waals surface area contributed by atoms with E-state index in [0.717, 1.165) is 22.4 Å². The summed E-state index contributed by atoms with van der Waals surface area (Å²) in [5, 5.41) is 0. The van der Waals surface area contributed by atoms with Gasteiger partial charge in [-0.05, 0) is 48.2 Å². The number of benzene rings is 4. The molecule has 4 heteroatoms. The fourth-order valence-corrected chi connectivity index (χ4v) is 4.82. The molecule has 37 heavy (non-hydrogen) atoms. The van der Waals surface area contributed by atoms with Gasteiger partial charge in [0.2, 0.25) is 0 Å². The summed E-state index contributed by atoms with van der Waals surface area (Å²) in [4.78, 5) is 15.4. The Morgan fingerprint density at radius 3 is 2.05 bits per heavy atom. The van der Waals surface area contributed by atoms with Crippen molar-refractivity contribution < 1.29 is 14.3 Å². The zero-order valence-electron chi connectivity index (χ0n) is 21.8. The number of esters is 1. The molecule has 0 bridgehead atoms. The Labute approximate surface area is 220 Å². The van der Waals surface area contributed by atoms with Gasteiger partial charge in [0.15, 0.2) is 0 Å². The molecule has 190 valence electrons. The van der Waals surface area contributed by atoms with E-state index in [-0.39, 0.29) is 24.5 Å². The lowest BCUT2D eigenvalue weighted by molar-refractivity contribution is -0.145. The SMILES string of the molecule is CCOC(=O)C[C@@H](c1cc(-c2ccccc2)ccc1OC)N(Cc1ccccc1)[C@H](C)c1ccccc1. The van der Waals surface area contributed by atoms with E-state index in [0.29, 0.717) is 13.2 Å². The van der Waals surface area contributed by atoms with E-state index in [1.54, 1.807) is 7.11 Å². The molecule has 0 aliphatic rings. The van der Waals surface area contributed by atoms with Gasteiger partial charge in [0, 0.05) is 24.2 Å². The predicted molar refractivity (Wildman–Crippen MR) is 149 cm³/mol. The molecule has 0 aromatic heterocycles. The van der Waals surface area contributed by atoms with Crippen LogP contribution in [0.2, 0.25) is 0 Å². The van der Waals surface area contributed by atoms with Crippen LogP contribution in [-0.2, 0) is 16.1 Å². The zero-order valence-corrected chi connectivity index (χ0v) is 21.8. The first kappa shape index (κ1) is 26.2. The van der Waals surface area contributed by atoms with Crippen LogP contribution >= 0.6 is 0 Å². The fourth-order valence-electron chi connectivity index (χ4n) is 4.82. The number of methoxy groups -OCH3 is 1. The normalized spacial score (nSPS) is 12.6. The number of carbonyl (C=O) groups excluding carboxylic acids is 1. The topological polar surface area (TPSA) is 38.8 Å². The average Bonchev–Trinajstić information content (AvgIpc) is 2.96. The van der Waals surface area contributed by atoms with Gasteiger partial charge in [0.1, 0.15) is 5.75 Å². The summed E-state index contributed by atoms with van der Waals surface area (Å²) in [6.07, 6.45) is 0.215. The Balaban J connectivity index is 1.85. The Bertz CT molecular complexity index is 1260. The minimum Gasteiger partial charge on any atom is -0.496 e. The number of ether oxygens (including phenoxy) is 2. The van der Waals surface area contributed by atoms with Gasteiger partial charge in [-0.2, -0.15) is 0 Å². The number of carbonyl (C=O) groups is 1. The van der Waals surface area contributed by atoms with Crippen LogP contribution in [0.1, 0.15) is 49.0 Å². The molecule has 0 fully saturated rings. The highest BCUT2D eigenvalue weighted by molar-refractivity contribution is 5.72. The molecule has 0 amide bonds. The highest BCUT2D eigenvalue weighted by Crippen LogP contribution is 2.40. The molecular formula is C33H35NO3. The van der Waals surface area contributed by atoms with Gasteiger partial charge in [0.05, 0.1) is 20.1 Å². The van der Waals surface area contributed by atoms with Gasteiger partial charge in [-0.15, -0.1) is 0 Å². The van der Waals surface area contributed by atoms with Crippen LogP contribution in [-0.4, -0.2) is 24.6 Å². The number of hydrogen-bond acceptors (Lipinski definition) is 4. The smallest absolute Gasteiger partial charge is 0.307 e. The second-order valence-electron chi connectivity index (χ2n) is 9.09. The van der Waals surface area contributed by atoms with Crippen LogP contribution in [0.5, 0.6) is 5.75 Å². The number of rotatable bonds is 11. The van der Waals surface area contributed by atoms with E-state index in [4.69, 9.17) is 9.47 Å². The van der Waals surface area contributed by atoms with Crippen molar-refractivity contribution >= 4 is 5.97 Å². The molecule has 0 spiro atoms. The molecule has 4 nitrogen and oxygen atoms in total. The first-order valence-corrected chi connectivity index (χ1v) is 12.8. The Morgan fingerprint density at radius 2 is 1.43 bits per heavy atom. The molecule has 0 N–H and O–H groups in total. The van der Waals surface area contributed by atoms with E-state index < -0.39 is 0 Å². The highest BCUT2D eigenvalue weighted by atomic mass is 16.5. The lowest BCUT2D eigenvalue weighted by Gasteiger charge is -2.37. The molecule has 2 atom stereocenters. The van der Waals surface area contributed by atoms with Crippen molar-refractivity contribution in [3.63, 3.8) is 0 Å². The molecule has 0 aliphatic heterocycles. The van der Waals surface area contributed by atoms with E-state index >= 15 is 0 Å². The highest BCUT2D eigenvalue weighted by Gasteiger charge is 2.31. The molecular weight excluding hydrogens is 458 g/mol.